The highest BCUT2D eigenvalue weighted by Gasteiger charge is 2.30. The van der Waals surface area contributed by atoms with Gasteiger partial charge in [-0.05, 0) is 55.3 Å². The first-order valence-electron chi connectivity index (χ1n) is 13.2. The molecule has 0 saturated carbocycles. The minimum atomic E-state index is -0.766. The maximum Gasteiger partial charge on any atom is 0.329 e. The molecule has 3 atom stereocenters. The molecule has 1 aromatic rings. The van der Waals surface area contributed by atoms with Crippen molar-refractivity contribution in [3.05, 3.63) is 17.7 Å². The third kappa shape index (κ3) is 10.2. The predicted molar refractivity (Wildman–Crippen MR) is 137 cm³/mol. The van der Waals surface area contributed by atoms with E-state index in [0.29, 0.717) is 49.2 Å². The Balaban J connectivity index is 2.99. The molecule has 6 heteroatoms. The summed E-state index contributed by atoms with van der Waals surface area (Å²) >= 11 is 0. The summed E-state index contributed by atoms with van der Waals surface area (Å²) in [6, 6.07) is -0.766. The molecule has 0 N–H and O–H groups in total. The molecule has 0 bridgehead atoms. The fourth-order valence-corrected chi connectivity index (χ4v) is 4.37. The van der Waals surface area contributed by atoms with E-state index in [-0.39, 0.29) is 24.3 Å². The molecule has 0 aliphatic heterocycles. The lowest BCUT2D eigenvalue weighted by Gasteiger charge is -2.25. The summed E-state index contributed by atoms with van der Waals surface area (Å²) in [5.74, 6) is 2.51. The SMILES string of the molecule is CCc1nc(C)cn1C(CC(=O)OCC(CC(C)C)C(C)C)C(=O)OCC(CC(C)C)C(C)C. The fraction of sp³-hybridized carbons (Fsp3) is 0.821. The number of rotatable bonds is 15. The van der Waals surface area contributed by atoms with Crippen molar-refractivity contribution in [3.63, 3.8) is 0 Å². The topological polar surface area (TPSA) is 70.4 Å². The quantitative estimate of drug-likeness (QED) is 0.272. The summed E-state index contributed by atoms with van der Waals surface area (Å²) in [6.45, 7) is 22.0. The number of ether oxygens (including phenoxy) is 2. The van der Waals surface area contributed by atoms with Crippen LogP contribution < -0.4 is 0 Å². The van der Waals surface area contributed by atoms with Gasteiger partial charge >= 0.3 is 11.9 Å². The summed E-state index contributed by atoms with van der Waals surface area (Å²) in [6.07, 6.45) is 4.45. The lowest BCUT2D eigenvalue weighted by Crippen LogP contribution is -2.30. The van der Waals surface area contributed by atoms with E-state index in [1.807, 2.05) is 20.0 Å². The van der Waals surface area contributed by atoms with E-state index < -0.39 is 6.04 Å². The Morgan fingerprint density at radius 3 is 1.82 bits per heavy atom. The van der Waals surface area contributed by atoms with Gasteiger partial charge in [-0.1, -0.05) is 62.3 Å². The van der Waals surface area contributed by atoms with Crippen LogP contribution in [0.2, 0.25) is 0 Å². The van der Waals surface area contributed by atoms with Crippen LogP contribution in [0, 0.1) is 42.4 Å². The van der Waals surface area contributed by atoms with Gasteiger partial charge in [0.05, 0.1) is 25.3 Å². The monoisotopic (exact) mass is 478 g/mol. The highest BCUT2D eigenvalue weighted by molar-refractivity contribution is 5.81. The van der Waals surface area contributed by atoms with Gasteiger partial charge in [-0.25, -0.2) is 9.78 Å². The normalized spacial score (nSPS) is 14.6. The number of hydrogen-bond acceptors (Lipinski definition) is 5. The number of esters is 2. The van der Waals surface area contributed by atoms with Crippen molar-refractivity contribution < 1.29 is 19.1 Å². The minimum absolute atomic E-state index is 0.0509. The van der Waals surface area contributed by atoms with Crippen molar-refractivity contribution in [1.82, 2.24) is 9.55 Å². The zero-order chi connectivity index (χ0) is 26.0. The molecule has 1 aromatic heterocycles. The standard InChI is InChI=1S/C28H50N2O4/c1-11-26-29-22(10)15-30(26)25(28(32)34-17-24(21(8)9)13-19(4)5)14-27(31)33-16-23(20(6)7)12-18(2)3/h15,18-21,23-25H,11-14,16-17H2,1-10H3. The number of carbonyl (C=O) groups is 2. The summed E-state index contributed by atoms with van der Waals surface area (Å²) in [5, 5.41) is 0. The number of aryl methyl sites for hydroxylation is 2. The molecule has 3 unspecified atom stereocenters. The third-order valence-electron chi connectivity index (χ3n) is 6.55. The van der Waals surface area contributed by atoms with Crippen LogP contribution in [-0.4, -0.2) is 34.7 Å². The molecule has 0 amide bonds. The first-order chi connectivity index (χ1) is 15.8. The number of imidazole rings is 1. The van der Waals surface area contributed by atoms with E-state index in [9.17, 15) is 9.59 Å². The highest BCUT2D eigenvalue weighted by atomic mass is 16.5. The van der Waals surface area contributed by atoms with E-state index in [2.05, 4.69) is 60.4 Å². The molecule has 1 heterocycles. The maximum absolute atomic E-state index is 13.3. The van der Waals surface area contributed by atoms with Crippen molar-refractivity contribution in [2.24, 2.45) is 35.5 Å². The van der Waals surface area contributed by atoms with Crippen LogP contribution in [0.5, 0.6) is 0 Å². The fourth-order valence-electron chi connectivity index (χ4n) is 4.37. The second-order valence-corrected chi connectivity index (χ2v) is 11.4. The Labute approximate surface area is 208 Å². The number of aromatic nitrogens is 2. The van der Waals surface area contributed by atoms with Gasteiger partial charge in [0.15, 0.2) is 0 Å². The molecule has 0 aliphatic carbocycles. The molecule has 1 rings (SSSR count). The van der Waals surface area contributed by atoms with Crippen LogP contribution in [0.1, 0.15) is 99.1 Å². The largest absolute Gasteiger partial charge is 0.465 e. The number of nitrogens with zero attached hydrogens (tertiary/aromatic N) is 2. The van der Waals surface area contributed by atoms with Gasteiger partial charge in [-0.3, -0.25) is 4.79 Å². The zero-order valence-corrected chi connectivity index (χ0v) is 23.4. The first kappa shape index (κ1) is 30.2. The van der Waals surface area contributed by atoms with Gasteiger partial charge in [0.25, 0.3) is 0 Å². The Kier molecular flexibility index (Phi) is 12.9. The Hall–Kier alpha value is -1.85. The molecular weight excluding hydrogens is 428 g/mol. The molecular formula is C28H50N2O4. The molecule has 6 nitrogen and oxygen atoms in total. The predicted octanol–water partition coefficient (Wildman–Crippen LogP) is 6.41. The molecule has 196 valence electrons. The lowest BCUT2D eigenvalue weighted by molar-refractivity contribution is -0.156. The molecule has 0 spiro atoms. The van der Waals surface area contributed by atoms with Gasteiger partial charge in [0.2, 0.25) is 0 Å². The summed E-state index contributed by atoms with van der Waals surface area (Å²) in [5.41, 5.74) is 0.819. The third-order valence-corrected chi connectivity index (χ3v) is 6.55. The van der Waals surface area contributed by atoms with Crippen LogP contribution in [0.3, 0.4) is 0 Å². The highest BCUT2D eigenvalue weighted by Crippen LogP contribution is 2.25. The van der Waals surface area contributed by atoms with E-state index >= 15 is 0 Å². The van der Waals surface area contributed by atoms with Crippen LogP contribution in [0.25, 0.3) is 0 Å². The zero-order valence-electron chi connectivity index (χ0n) is 23.4. The van der Waals surface area contributed by atoms with Crippen molar-refractivity contribution in [2.45, 2.75) is 101 Å². The van der Waals surface area contributed by atoms with Crippen molar-refractivity contribution in [1.29, 1.82) is 0 Å². The number of carbonyl (C=O) groups excluding carboxylic acids is 2. The van der Waals surface area contributed by atoms with Gasteiger partial charge < -0.3 is 14.0 Å². The average molecular weight is 479 g/mol. The second-order valence-electron chi connectivity index (χ2n) is 11.4. The van der Waals surface area contributed by atoms with Crippen molar-refractivity contribution in [3.8, 4) is 0 Å². The molecule has 0 saturated heterocycles. The summed E-state index contributed by atoms with van der Waals surface area (Å²) in [4.78, 5) is 30.7. The van der Waals surface area contributed by atoms with Crippen molar-refractivity contribution >= 4 is 11.9 Å². The van der Waals surface area contributed by atoms with E-state index in [1.165, 1.54) is 0 Å². The first-order valence-corrected chi connectivity index (χ1v) is 13.2. The number of hydrogen-bond donors (Lipinski definition) is 0. The van der Waals surface area contributed by atoms with E-state index in [4.69, 9.17) is 9.47 Å². The molecule has 0 radical (unpaired) electrons. The van der Waals surface area contributed by atoms with E-state index in [1.54, 1.807) is 4.57 Å². The van der Waals surface area contributed by atoms with Crippen LogP contribution in [-0.2, 0) is 25.5 Å². The second kappa shape index (κ2) is 14.5. The van der Waals surface area contributed by atoms with Gasteiger partial charge in [0, 0.05) is 12.6 Å². The van der Waals surface area contributed by atoms with Gasteiger partial charge in [-0.2, -0.15) is 0 Å². The Morgan fingerprint density at radius 1 is 0.882 bits per heavy atom. The Morgan fingerprint density at radius 2 is 1.38 bits per heavy atom. The summed E-state index contributed by atoms with van der Waals surface area (Å²) < 4.78 is 13.3. The van der Waals surface area contributed by atoms with Gasteiger partial charge in [0.1, 0.15) is 11.9 Å². The Bertz CT molecular complexity index is 752. The molecule has 34 heavy (non-hydrogen) atoms. The van der Waals surface area contributed by atoms with E-state index in [0.717, 1.165) is 24.4 Å². The molecule has 0 aliphatic rings. The van der Waals surface area contributed by atoms with Gasteiger partial charge in [-0.15, -0.1) is 0 Å². The maximum atomic E-state index is 13.3. The summed E-state index contributed by atoms with van der Waals surface area (Å²) in [7, 11) is 0. The van der Waals surface area contributed by atoms with Crippen LogP contribution in [0.4, 0.5) is 0 Å². The van der Waals surface area contributed by atoms with Crippen molar-refractivity contribution in [2.75, 3.05) is 13.2 Å². The lowest BCUT2D eigenvalue weighted by atomic mass is 9.88. The van der Waals surface area contributed by atoms with Crippen LogP contribution in [0.15, 0.2) is 6.20 Å². The smallest absolute Gasteiger partial charge is 0.329 e. The minimum Gasteiger partial charge on any atom is -0.465 e. The van der Waals surface area contributed by atoms with Crippen LogP contribution >= 0.6 is 0 Å². The molecule has 0 aromatic carbocycles. The average Bonchev–Trinajstić information content (AvgIpc) is 3.11. The molecule has 0 fully saturated rings.